The summed E-state index contributed by atoms with van der Waals surface area (Å²) in [4.78, 5) is 0. The highest BCUT2D eigenvalue weighted by atomic mass is 79.9. The molecule has 0 nitrogen and oxygen atoms in total. The summed E-state index contributed by atoms with van der Waals surface area (Å²) in [6, 6.07) is 2.29. The van der Waals surface area contributed by atoms with E-state index in [0.29, 0.717) is 0 Å². The smallest absolute Gasteiger partial charge is 0.102 e. The predicted octanol–water partition coefficient (Wildman–Crippen LogP) is -9.82. The van der Waals surface area contributed by atoms with Gasteiger partial charge in [0.2, 0.25) is 0 Å². The second kappa shape index (κ2) is 5.91. The van der Waals surface area contributed by atoms with Crippen molar-refractivity contribution >= 4 is 122 Å². The highest BCUT2D eigenvalue weighted by Crippen LogP contribution is 2.14. The first-order valence-electron chi connectivity index (χ1n) is 7.52. The first kappa shape index (κ1) is 16.8. The van der Waals surface area contributed by atoms with Gasteiger partial charge in [-0.3, -0.25) is 0 Å². The molecular weight excluding hydrogens is 311 g/mol. The van der Waals surface area contributed by atoms with E-state index in [-0.39, 0.29) is 0 Å². The molecule has 21 heavy (non-hydrogen) atoms. The first-order chi connectivity index (χ1) is 9.68. The van der Waals surface area contributed by atoms with Gasteiger partial charge in [-0.1, -0.05) is 43.2 Å². The van der Waals surface area contributed by atoms with E-state index in [2.05, 4.69) is 84.8 Å². The van der Waals surface area contributed by atoms with Gasteiger partial charge in [0.05, 0.1) is 0 Å². The lowest BCUT2D eigenvalue weighted by molar-refractivity contribution is 1.76. The van der Waals surface area contributed by atoms with Gasteiger partial charge in [-0.15, -0.1) is 16.4 Å². The molecule has 96 valence electrons. The lowest BCUT2D eigenvalue weighted by Crippen LogP contribution is -2.56. The fourth-order valence-corrected chi connectivity index (χ4v) is 3.70. The van der Waals surface area contributed by atoms with Crippen LogP contribution in [0.1, 0.15) is 0 Å². The van der Waals surface area contributed by atoms with Crippen LogP contribution in [0.2, 0.25) is 0 Å². The molecule has 2 rings (SSSR count). The number of halogens is 1. The van der Waals surface area contributed by atoms with E-state index in [9.17, 15) is 0 Å². The van der Waals surface area contributed by atoms with Crippen LogP contribution < -0.4 is 43.7 Å². The summed E-state index contributed by atoms with van der Waals surface area (Å²) in [7, 11) is 17.9. The van der Waals surface area contributed by atoms with Crippen LogP contribution in [0.5, 0.6) is 0 Å². The highest BCUT2D eigenvalue weighted by Gasteiger charge is 2.16. The van der Waals surface area contributed by atoms with E-state index >= 15 is 0 Å². The first-order valence-corrected chi connectivity index (χ1v) is 8.31. The molecule has 0 N–H and O–H groups in total. The largest absolute Gasteiger partial charge is 0.139 e. The summed E-state index contributed by atoms with van der Waals surface area (Å²) in [5.41, 5.74) is 14.0. The summed E-state index contributed by atoms with van der Waals surface area (Å²) < 4.78 is 1.20. The molecule has 0 aromatic heterocycles. The third-order valence-corrected chi connectivity index (χ3v) is 6.25. The summed E-state index contributed by atoms with van der Waals surface area (Å²) in [5.74, 6) is 0. The molecule has 9 heteroatoms. The minimum absolute atomic E-state index is 1.20. The van der Waals surface area contributed by atoms with E-state index in [4.69, 9.17) is 0 Å². The van der Waals surface area contributed by atoms with Crippen molar-refractivity contribution in [2.75, 3.05) is 0 Å². The van der Waals surface area contributed by atoms with E-state index < -0.39 is 0 Å². The van der Waals surface area contributed by atoms with Crippen molar-refractivity contribution in [2.45, 2.75) is 0 Å². The van der Waals surface area contributed by atoms with Crippen molar-refractivity contribution in [1.29, 1.82) is 0 Å². The summed E-state index contributed by atoms with van der Waals surface area (Å²) in [5, 5.41) is 0. The lowest BCUT2D eigenvalue weighted by atomic mass is 9.58. The zero-order valence-corrected chi connectivity index (χ0v) is 16.0. The van der Waals surface area contributed by atoms with Crippen molar-refractivity contribution in [3.63, 3.8) is 0 Å². The number of hydrogen-bond acceptors (Lipinski definition) is 0. The van der Waals surface area contributed by atoms with Gasteiger partial charge in [-0.25, -0.2) is 0 Å². The number of hydrogen-bond donors (Lipinski definition) is 0. The van der Waals surface area contributed by atoms with E-state index in [1.165, 1.54) is 59.3 Å². The molecule has 0 atom stereocenters. The van der Waals surface area contributed by atoms with Crippen molar-refractivity contribution in [1.82, 2.24) is 0 Å². The Morgan fingerprint density at radius 3 is 1.38 bits per heavy atom. The zero-order valence-electron chi connectivity index (χ0n) is 14.5. The minimum Gasteiger partial charge on any atom is -0.102 e. The van der Waals surface area contributed by atoms with E-state index in [1.807, 2.05) is 0 Å². The maximum Gasteiger partial charge on any atom is 0.139 e. The van der Waals surface area contributed by atoms with Crippen LogP contribution in [0.15, 0.2) is 10.5 Å². The molecule has 0 aliphatic heterocycles. The van der Waals surface area contributed by atoms with E-state index in [1.54, 1.807) is 0 Å². The fraction of sp³-hybridized carbons (Fsp3) is 0. The molecule has 0 aliphatic rings. The molecule has 0 amide bonds. The quantitative estimate of drug-likeness (QED) is 0.457. The monoisotopic (exact) mass is 328 g/mol. The molecule has 0 unspecified atom stereocenters. The van der Waals surface area contributed by atoms with Crippen LogP contribution in [0, 0.1) is 0 Å². The Hall–Kier alpha value is -0.561. The predicted molar refractivity (Wildman–Crippen MR) is 125 cm³/mol. The Morgan fingerprint density at radius 1 is 0.524 bits per heavy atom. The summed E-state index contributed by atoms with van der Waals surface area (Å²) >= 11 is 3.73. The molecule has 0 fully saturated rings. The zero-order chi connectivity index (χ0) is 16.1. The molecule has 2 aromatic carbocycles. The van der Waals surface area contributed by atoms with Gasteiger partial charge in [0, 0.05) is 4.47 Å². The second-order valence-electron chi connectivity index (χ2n) is 6.28. The Bertz CT molecular complexity index is 727. The van der Waals surface area contributed by atoms with Crippen LogP contribution in [0.3, 0.4) is 0 Å². The molecule has 0 spiro atoms. The molecule has 0 heterocycles. The lowest BCUT2D eigenvalue weighted by Gasteiger charge is -2.23. The Balaban J connectivity index is 2.93. The van der Waals surface area contributed by atoms with Crippen LogP contribution in [-0.2, 0) is 0 Å². The topological polar surface area (TPSA) is 0 Å². The third kappa shape index (κ3) is 2.63. The molecule has 0 aliphatic carbocycles. The fourth-order valence-electron chi connectivity index (χ4n) is 3.17. The molecule has 0 saturated heterocycles. The van der Waals surface area contributed by atoms with Crippen molar-refractivity contribution in [3.05, 3.63) is 10.5 Å². The van der Waals surface area contributed by atoms with Gasteiger partial charge in [-0.05, 0) is 17.2 Å². The number of benzene rings is 2. The molecule has 0 radical (unpaired) electrons. The van der Waals surface area contributed by atoms with Crippen molar-refractivity contribution in [2.24, 2.45) is 0 Å². The Morgan fingerprint density at radius 2 is 0.905 bits per heavy atom. The van der Waals surface area contributed by atoms with Gasteiger partial charge < -0.3 is 0 Å². The SMILES string of the molecule is Bc1c(Br)cc(-c2c(B)c(B)c(B)c(B)c2B)c(B)c1B. The van der Waals surface area contributed by atoms with E-state index in [0.717, 1.165) is 0 Å². The Labute approximate surface area is 144 Å². The summed E-state index contributed by atoms with van der Waals surface area (Å²) in [6.07, 6.45) is 0. The van der Waals surface area contributed by atoms with Crippen LogP contribution in [-0.4, -0.2) is 62.8 Å². The molecule has 0 saturated carbocycles. The Kier molecular flexibility index (Phi) is 4.73. The minimum atomic E-state index is 1.20. The average molecular weight is 328 g/mol. The van der Waals surface area contributed by atoms with Crippen LogP contribution in [0.25, 0.3) is 11.1 Å². The molecular formula is C12H17B8Br. The van der Waals surface area contributed by atoms with Crippen LogP contribution in [0.4, 0.5) is 0 Å². The molecule has 0 bridgehead atoms. The van der Waals surface area contributed by atoms with Gasteiger partial charge in [0.1, 0.15) is 62.8 Å². The van der Waals surface area contributed by atoms with Gasteiger partial charge >= 0.3 is 0 Å². The number of rotatable bonds is 1. The maximum absolute atomic E-state index is 3.73. The summed E-state index contributed by atoms with van der Waals surface area (Å²) in [6.45, 7) is 0. The van der Waals surface area contributed by atoms with Crippen molar-refractivity contribution in [3.8, 4) is 11.1 Å². The second-order valence-corrected chi connectivity index (χ2v) is 7.14. The third-order valence-electron chi connectivity index (χ3n) is 5.43. The normalized spacial score (nSPS) is 10.7. The average Bonchev–Trinajstić information content (AvgIpc) is 2.46. The van der Waals surface area contributed by atoms with Crippen molar-refractivity contribution < 1.29 is 0 Å². The van der Waals surface area contributed by atoms with Gasteiger partial charge in [0.25, 0.3) is 0 Å². The van der Waals surface area contributed by atoms with Crippen LogP contribution >= 0.6 is 15.9 Å². The molecule has 2 aromatic rings. The standard InChI is InChI=1S/C12H17B8Br/c13-5-2(1-3(21)6(14)9(5)17)4-7(15)10(18)12(20)11(19)8(4)16/h1H,13-20H2. The highest BCUT2D eigenvalue weighted by molar-refractivity contribution is 9.10. The van der Waals surface area contributed by atoms with Gasteiger partial charge in [0.15, 0.2) is 0 Å². The van der Waals surface area contributed by atoms with Gasteiger partial charge in [-0.2, -0.15) is 0 Å². The maximum atomic E-state index is 3.73.